The lowest BCUT2D eigenvalue weighted by atomic mass is 9.93. The molecule has 28 heavy (non-hydrogen) atoms. The standard InChI is InChI=1S/C27H21N/c1-28(22-10-3-2-4-11-22)23-17-15-20(16-18-23)27-19-21-9-5-6-12-24(21)25-13-7-8-14-26(25)27/h2-19H,1H3. The minimum Gasteiger partial charge on any atom is -0.345 e. The first kappa shape index (κ1) is 16.6. The normalized spacial score (nSPS) is 11.0. The maximum atomic E-state index is 2.31. The summed E-state index contributed by atoms with van der Waals surface area (Å²) in [6, 6.07) is 38.9. The summed E-state index contributed by atoms with van der Waals surface area (Å²) in [5.41, 5.74) is 4.89. The highest BCUT2D eigenvalue weighted by atomic mass is 15.1. The van der Waals surface area contributed by atoms with Gasteiger partial charge in [-0.05, 0) is 63.0 Å². The van der Waals surface area contributed by atoms with Gasteiger partial charge < -0.3 is 4.90 Å². The van der Waals surface area contributed by atoms with Crippen molar-refractivity contribution in [1.29, 1.82) is 0 Å². The number of nitrogens with zero attached hydrogens (tertiary/aromatic N) is 1. The predicted octanol–water partition coefficient (Wildman–Crippen LogP) is 7.43. The van der Waals surface area contributed by atoms with Gasteiger partial charge >= 0.3 is 0 Å². The van der Waals surface area contributed by atoms with E-state index in [1.165, 1.54) is 44.0 Å². The molecule has 5 rings (SSSR count). The number of hydrogen-bond acceptors (Lipinski definition) is 1. The van der Waals surface area contributed by atoms with Gasteiger partial charge in [0.2, 0.25) is 0 Å². The van der Waals surface area contributed by atoms with Crippen LogP contribution in [-0.4, -0.2) is 7.05 Å². The number of para-hydroxylation sites is 1. The number of rotatable bonds is 3. The van der Waals surface area contributed by atoms with Gasteiger partial charge in [-0.2, -0.15) is 0 Å². The Morgan fingerprint density at radius 3 is 1.82 bits per heavy atom. The molecule has 0 saturated heterocycles. The monoisotopic (exact) mass is 359 g/mol. The van der Waals surface area contributed by atoms with E-state index in [9.17, 15) is 0 Å². The van der Waals surface area contributed by atoms with Crippen LogP contribution in [0.4, 0.5) is 11.4 Å². The average molecular weight is 359 g/mol. The zero-order valence-corrected chi connectivity index (χ0v) is 15.8. The van der Waals surface area contributed by atoms with Crippen LogP contribution < -0.4 is 4.90 Å². The Morgan fingerprint density at radius 1 is 0.500 bits per heavy atom. The van der Waals surface area contributed by atoms with Gasteiger partial charge in [0.1, 0.15) is 0 Å². The summed E-state index contributed by atoms with van der Waals surface area (Å²) >= 11 is 0. The van der Waals surface area contributed by atoms with E-state index >= 15 is 0 Å². The molecule has 0 aliphatic heterocycles. The number of anilines is 2. The van der Waals surface area contributed by atoms with Crippen LogP contribution in [0.15, 0.2) is 109 Å². The Labute approximate surface area is 165 Å². The van der Waals surface area contributed by atoms with Crippen molar-refractivity contribution in [3.8, 4) is 11.1 Å². The number of benzene rings is 5. The third-order valence-corrected chi connectivity index (χ3v) is 5.48. The highest BCUT2D eigenvalue weighted by Crippen LogP contribution is 2.35. The highest BCUT2D eigenvalue weighted by Gasteiger charge is 2.09. The van der Waals surface area contributed by atoms with Crippen LogP contribution in [0.3, 0.4) is 0 Å². The van der Waals surface area contributed by atoms with E-state index in [0.717, 1.165) is 0 Å². The minimum absolute atomic E-state index is 1.18. The molecule has 5 aromatic carbocycles. The highest BCUT2D eigenvalue weighted by molar-refractivity contribution is 6.13. The molecule has 0 radical (unpaired) electrons. The minimum atomic E-state index is 1.18. The summed E-state index contributed by atoms with van der Waals surface area (Å²) in [5, 5.41) is 5.19. The Kier molecular flexibility index (Phi) is 4.06. The van der Waals surface area contributed by atoms with Crippen molar-refractivity contribution in [2.24, 2.45) is 0 Å². The van der Waals surface area contributed by atoms with Crippen molar-refractivity contribution in [2.75, 3.05) is 11.9 Å². The molecule has 0 heterocycles. The van der Waals surface area contributed by atoms with Crippen molar-refractivity contribution in [3.63, 3.8) is 0 Å². The molecule has 0 atom stereocenters. The second-order valence-electron chi connectivity index (χ2n) is 7.13. The summed E-state index contributed by atoms with van der Waals surface area (Å²) in [6.07, 6.45) is 0. The molecule has 5 aromatic rings. The molecule has 0 unspecified atom stereocenters. The zero-order valence-electron chi connectivity index (χ0n) is 15.8. The van der Waals surface area contributed by atoms with Gasteiger partial charge in [-0.15, -0.1) is 0 Å². The lowest BCUT2D eigenvalue weighted by Crippen LogP contribution is -2.08. The van der Waals surface area contributed by atoms with E-state index in [1.807, 2.05) is 6.07 Å². The molecule has 0 fully saturated rings. The molecule has 0 bridgehead atoms. The maximum Gasteiger partial charge on any atom is 0.0408 e. The van der Waals surface area contributed by atoms with Gasteiger partial charge in [0, 0.05) is 18.4 Å². The number of hydrogen-bond donors (Lipinski definition) is 0. The summed E-state index contributed by atoms with van der Waals surface area (Å²) in [4.78, 5) is 2.21. The largest absolute Gasteiger partial charge is 0.345 e. The summed E-state index contributed by atoms with van der Waals surface area (Å²) in [6.45, 7) is 0. The lowest BCUT2D eigenvalue weighted by molar-refractivity contribution is 1.21. The van der Waals surface area contributed by atoms with E-state index in [2.05, 4.69) is 115 Å². The molecule has 0 aromatic heterocycles. The maximum absolute atomic E-state index is 2.31. The van der Waals surface area contributed by atoms with Crippen LogP contribution >= 0.6 is 0 Å². The third-order valence-electron chi connectivity index (χ3n) is 5.48. The quantitative estimate of drug-likeness (QED) is 0.303. The Hall–Kier alpha value is -3.58. The molecular weight excluding hydrogens is 338 g/mol. The van der Waals surface area contributed by atoms with Gasteiger partial charge in [0.05, 0.1) is 0 Å². The molecule has 0 spiro atoms. The van der Waals surface area contributed by atoms with Gasteiger partial charge in [0.15, 0.2) is 0 Å². The van der Waals surface area contributed by atoms with Crippen molar-refractivity contribution in [2.45, 2.75) is 0 Å². The molecule has 0 amide bonds. The molecule has 0 saturated carbocycles. The van der Waals surface area contributed by atoms with Crippen LogP contribution in [0.25, 0.3) is 32.7 Å². The second kappa shape index (κ2) is 6.86. The van der Waals surface area contributed by atoms with E-state index in [0.29, 0.717) is 0 Å². The molecule has 0 aliphatic rings. The van der Waals surface area contributed by atoms with E-state index < -0.39 is 0 Å². The van der Waals surface area contributed by atoms with Gasteiger partial charge in [0.25, 0.3) is 0 Å². The third kappa shape index (κ3) is 2.82. The molecule has 134 valence electrons. The van der Waals surface area contributed by atoms with Crippen LogP contribution in [-0.2, 0) is 0 Å². The van der Waals surface area contributed by atoms with Gasteiger partial charge in [-0.1, -0.05) is 78.9 Å². The molecule has 1 nitrogen and oxygen atoms in total. The summed E-state index contributed by atoms with van der Waals surface area (Å²) in [7, 11) is 2.11. The van der Waals surface area contributed by atoms with Crippen LogP contribution in [0.5, 0.6) is 0 Å². The molecular formula is C27H21N. The molecule has 0 aliphatic carbocycles. The lowest BCUT2D eigenvalue weighted by Gasteiger charge is -2.20. The van der Waals surface area contributed by atoms with E-state index in [1.54, 1.807) is 0 Å². The van der Waals surface area contributed by atoms with E-state index in [-0.39, 0.29) is 0 Å². The number of fused-ring (bicyclic) bond motifs is 3. The van der Waals surface area contributed by atoms with Crippen LogP contribution in [0, 0.1) is 0 Å². The Balaban J connectivity index is 1.62. The van der Waals surface area contributed by atoms with Crippen molar-refractivity contribution >= 4 is 32.9 Å². The molecule has 1 heteroatoms. The van der Waals surface area contributed by atoms with Gasteiger partial charge in [-0.3, -0.25) is 0 Å². The first-order valence-corrected chi connectivity index (χ1v) is 9.61. The Morgan fingerprint density at radius 2 is 1.07 bits per heavy atom. The first-order chi connectivity index (χ1) is 13.8. The fourth-order valence-corrected chi connectivity index (χ4v) is 3.96. The van der Waals surface area contributed by atoms with Crippen LogP contribution in [0.2, 0.25) is 0 Å². The van der Waals surface area contributed by atoms with Crippen LogP contribution in [0.1, 0.15) is 0 Å². The van der Waals surface area contributed by atoms with E-state index in [4.69, 9.17) is 0 Å². The Bertz CT molecular complexity index is 1250. The first-order valence-electron chi connectivity index (χ1n) is 9.61. The van der Waals surface area contributed by atoms with Gasteiger partial charge in [-0.25, -0.2) is 0 Å². The van der Waals surface area contributed by atoms with Crippen molar-refractivity contribution in [1.82, 2.24) is 0 Å². The predicted molar refractivity (Wildman–Crippen MR) is 121 cm³/mol. The fraction of sp³-hybridized carbons (Fsp3) is 0.0370. The van der Waals surface area contributed by atoms with Crippen molar-refractivity contribution in [3.05, 3.63) is 109 Å². The fourth-order valence-electron chi connectivity index (χ4n) is 3.96. The average Bonchev–Trinajstić information content (AvgIpc) is 2.79. The summed E-state index contributed by atoms with van der Waals surface area (Å²) < 4.78 is 0. The smallest absolute Gasteiger partial charge is 0.0408 e. The SMILES string of the molecule is CN(c1ccccc1)c1ccc(-c2cc3ccccc3c3ccccc23)cc1. The topological polar surface area (TPSA) is 3.24 Å². The second-order valence-corrected chi connectivity index (χ2v) is 7.13. The summed E-state index contributed by atoms with van der Waals surface area (Å²) in [5.74, 6) is 0. The zero-order chi connectivity index (χ0) is 18.9. The molecule has 0 N–H and O–H groups in total. The van der Waals surface area contributed by atoms with Crippen molar-refractivity contribution < 1.29 is 0 Å².